The number of hydrogen-bond acceptors (Lipinski definition) is 2. The molecular weight excluding hydrogens is 176 g/mol. The Labute approximate surface area is 83.8 Å². The summed E-state index contributed by atoms with van der Waals surface area (Å²) in [5, 5.41) is 8.88. The van der Waals surface area contributed by atoms with Crippen LogP contribution in [-0.4, -0.2) is 18.8 Å². The van der Waals surface area contributed by atoms with Gasteiger partial charge in [-0.15, -0.1) is 0 Å². The molecule has 0 spiro atoms. The van der Waals surface area contributed by atoms with E-state index in [0.29, 0.717) is 5.92 Å². The first kappa shape index (κ1) is 9.28. The Morgan fingerprint density at radius 3 is 2.64 bits per heavy atom. The zero-order chi connectivity index (χ0) is 9.97. The van der Waals surface area contributed by atoms with Crippen LogP contribution in [0.5, 0.6) is 5.75 Å². The minimum Gasteiger partial charge on any atom is -0.497 e. The molecule has 1 aromatic carbocycles. The third-order valence-electron chi connectivity index (χ3n) is 2.53. The molecule has 0 amide bonds. The fourth-order valence-electron chi connectivity index (χ4n) is 1.50. The van der Waals surface area contributed by atoms with Crippen molar-refractivity contribution in [3.05, 3.63) is 35.4 Å². The van der Waals surface area contributed by atoms with E-state index < -0.39 is 0 Å². The van der Waals surface area contributed by atoms with E-state index in [2.05, 4.69) is 6.08 Å². The molecule has 0 bridgehead atoms. The number of ether oxygens (including phenoxy) is 1. The second kappa shape index (κ2) is 3.84. The Hall–Kier alpha value is -1.28. The summed E-state index contributed by atoms with van der Waals surface area (Å²) in [5.74, 6) is 1.29. The normalized spacial score (nSPS) is 22.4. The van der Waals surface area contributed by atoms with Crippen molar-refractivity contribution in [3.8, 4) is 5.75 Å². The van der Waals surface area contributed by atoms with E-state index in [1.54, 1.807) is 7.11 Å². The van der Waals surface area contributed by atoms with Crippen molar-refractivity contribution >= 4 is 6.08 Å². The minimum absolute atomic E-state index is 0.280. The van der Waals surface area contributed by atoms with Crippen molar-refractivity contribution in [2.75, 3.05) is 13.7 Å². The van der Waals surface area contributed by atoms with Gasteiger partial charge in [0.15, 0.2) is 0 Å². The first-order valence-corrected chi connectivity index (χ1v) is 4.79. The number of rotatable bonds is 3. The lowest BCUT2D eigenvalue weighted by Crippen LogP contribution is -1.82. The third kappa shape index (κ3) is 1.96. The summed E-state index contributed by atoms with van der Waals surface area (Å²) in [5.41, 5.74) is 2.52. The maximum Gasteiger partial charge on any atom is 0.118 e. The predicted molar refractivity (Wildman–Crippen MR) is 56.2 cm³/mol. The fourth-order valence-corrected chi connectivity index (χ4v) is 1.50. The highest BCUT2D eigenvalue weighted by Crippen LogP contribution is 2.38. The smallest absolute Gasteiger partial charge is 0.118 e. The van der Waals surface area contributed by atoms with Crippen LogP contribution in [0.3, 0.4) is 0 Å². The van der Waals surface area contributed by atoms with E-state index in [9.17, 15) is 0 Å². The van der Waals surface area contributed by atoms with Crippen molar-refractivity contribution in [2.24, 2.45) is 5.92 Å². The molecule has 2 heteroatoms. The zero-order valence-electron chi connectivity index (χ0n) is 8.23. The third-order valence-corrected chi connectivity index (χ3v) is 2.53. The Kier molecular flexibility index (Phi) is 2.55. The van der Waals surface area contributed by atoms with Crippen LogP contribution in [0.1, 0.15) is 12.0 Å². The Morgan fingerprint density at radius 2 is 2.14 bits per heavy atom. The van der Waals surface area contributed by atoms with Gasteiger partial charge in [0, 0.05) is 12.5 Å². The van der Waals surface area contributed by atoms with E-state index in [-0.39, 0.29) is 6.61 Å². The zero-order valence-corrected chi connectivity index (χ0v) is 8.23. The Bertz CT molecular complexity index is 338. The maximum absolute atomic E-state index is 8.88. The molecule has 2 rings (SSSR count). The van der Waals surface area contributed by atoms with E-state index in [4.69, 9.17) is 9.84 Å². The molecule has 74 valence electrons. The molecule has 0 heterocycles. The first-order valence-electron chi connectivity index (χ1n) is 4.79. The van der Waals surface area contributed by atoms with Gasteiger partial charge in [-0.25, -0.2) is 0 Å². The number of benzene rings is 1. The SMILES string of the molecule is COc1ccc(/C=C2/CC2CO)cc1. The molecule has 1 unspecified atom stereocenters. The number of methoxy groups -OCH3 is 1. The van der Waals surface area contributed by atoms with Crippen molar-refractivity contribution in [1.82, 2.24) is 0 Å². The molecule has 0 aliphatic heterocycles. The largest absolute Gasteiger partial charge is 0.497 e. The van der Waals surface area contributed by atoms with Crippen LogP contribution in [0, 0.1) is 5.92 Å². The highest BCUT2D eigenvalue weighted by molar-refractivity contribution is 5.58. The van der Waals surface area contributed by atoms with Crippen LogP contribution in [0.15, 0.2) is 29.8 Å². The molecule has 1 aliphatic carbocycles. The van der Waals surface area contributed by atoms with E-state index in [1.165, 1.54) is 11.1 Å². The summed E-state index contributed by atoms with van der Waals surface area (Å²) in [6, 6.07) is 7.95. The van der Waals surface area contributed by atoms with Crippen molar-refractivity contribution in [3.63, 3.8) is 0 Å². The van der Waals surface area contributed by atoms with Gasteiger partial charge in [0.25, 0.3) is 0 Å². The standard InChI is InChI=1S/C12H14O2/c1-14-12-4-2-9(3-5-12)6-10-7-11(10)8-13/h2-6,11,13H,7-8H2,1H3/b10-6-. The quantitative estimate of drug-likeness (QED) is 0.790. The first-order chi connectivity index (χ1) is 6.83. The summed E-state index contributed by atoms with van der Waals surface area (Å²) < 4.78 is 5.07. The number of hydrogen-bond donors (Lipinski definition) is 1. The van der Waals surface area contributed by atoms with Crippen LogP contribution >= 0.6 is 0 Å². The molecule has 1 aromatic rings. The van der Waals surface area contributed by atoms with Gasteiger partial charge in [0.1, 0.15) is 5.75 Å². The molecule has 1 fully saturated rings. The predicted octanol–water partition coefficient (Wildman–Crippen LogP) is 2.09. The van der Waals surface area contributed by atoms with Gasteiger partial charge in [-0.2, -0.15) is 0 Å². The molecule has 14 heavy (non-hydrogen) atoms. The average Bonchev–Trinajstić information content (AvgIpc) is 2.98. The summed E-state index contributed by atoms with van der Waals surface area (Å²) in [6.07, 6.45) is 3.18. The lowest BCUT2D eigenvalue weighted by Gasteiger charge is -1.98. The van der Waals surface area contributed by atoms with Gasteiger partial charge in [-0.3, -0.25) is 0 Å². The van der Waals surface area contributed by atoms with Gasteiger partial charge < -0.3 is 9.84 Å². The summed E-state index contributed by atoms with van der Waals surface area (Å²) in [7, 11) is 1.66. The van der Waals surface area contributed by atoms with Gasteiger partial charge in [-0.05, 0) is 24.1 Å². The van der Waals surface area contributed by atoms with Crippen LogP contribution in [0.25, 0.3) is 6.08 Å². The molecule has 0 saturated heterocycles. The average molecular weight is 190 g/mol. The fraction of sp³-hybridized carbons (Fsp3) is 0.333. The van der Waals surface area contributed by atoms with Crippen LogP contribution < -0.4 is 4.74 Å². The lowest BCUT2D eigenvalue weighted by molar-refractivity contribution is 0.281. The molecule has 1 N–H and O–H groups in total. The Morgan fingerprint density at radius 1 is 1.43 bits per heavy atom. The van der Waals surface area contributed by atoms with Crippen molar-refractivity contribution < 1.29 is 9.84 Å². The minimum atomic E-state index is 0.280. The summed E-state index contributed by atoms with van der Waals surface area (Å²) in [4.78, 5) is 0. The van der Waals surface area contributed by atoms with Crippen molar-refractivity contribution in [1.29, 1.82) is 0 Å². The van der Waals surface area contributed by atoms with Crippen LogP contribution in [0.2, 0.25) is 0 Å². The lowest BCUT2D eigenvalue weighted by atomic mass is 10.2. The summed E-state index contributed by atoms with van der Waals surface area (Å²) >= 11 is 0. The monoisotopic (exact) mass is 190 g/mol. The van der Waals surface area contributed by atoms with E-state index >= 15 is 0 Å². The van der Waals surface area contributed by atoms with Gasteiger partial charge >= 0.3 is 0 Å². The van der Waals surface area contributed by atoms with E-state index in [1.807, 2.05) is 24.3 Å². The molecule has 2 nitrogen and oxygen atoms in total. The van der Waals surface area contributed by atoms with Gasteiger partial charge in [0.2, 0.25) is 0 Å². The second-order valence-electron chi connectivity index (χ2n) is 3.58. The van der Waals surface area contributed by atoms with E-state index in [0.717, 1.165) is 12.2 Å². The molecule has 0 aromatic heterocycles. The molecular formula is C12H14O2. The van der Waals surface area contributed by atoms with Crippen molar-refractivity contribution in [2.45, 2.75) is 6.42 Å². The Balaban J connectivity index is 2.08. The molecule has 1 atom stereocenters. The van der Waals surface area contributed by atoms with Gasteiger partial charge in [-0.1, -0.05) is 23.8 Å². The highest BCUT2D eigenvalue weighted by atomic mass is 16.5. The summed E-state index contributed by atoms with van der Waals surface area (Å²) in [6.45, 7) is 0.280. The van der Waals surface area contributed by atoms with Crippen LogP contribution in [-0.2, 0) is 0 Å². The topological polar surface area (TPSA) is 29.5 Å². The second-order valence-corrected chi connectivity index (χ2v) is 3.58. The van der Waals surface area contributed by atoms with Gasteiger partial charge in [0.05, 0.1) is 7.11 Å². The van der Waals surface area contributed by atoms with Crippen LogP contribution in [0.4, 0.5) is 0 Å². The number of aliphatic hydroxyl groups is 1. The molecule has 0 radical (unpaired) electrons. The molecule has 1 saturated carbocycles. The molecule has 1 aliphatic rings. The maximum atomic E-state index is 8.88. The number of aliphatic hydroxyl groups excluding tert-OH is 1. The highest BCUT2D eigenvalue weighted by Gasteiger charge is 2.27.